The van der Waals surface area contributed by atoms with Gasteiger partial charge in [-0.25, -0.2) is 4.98 Å². The predicted molar refractivity (Wildman–Crippen MR) is 74.6 cm³/mol. The maximum Gasteiger partial charge on any atom is 0.140 e. The zero-order chi connectivity index (χ0) is 13.7. The van der Waals surface area contributed by atoms with E-state index in [1.165, 1.54) is 12.8 Å². The van der Waals surface area contributed by atoms with E-state index in [1.807, 2.05) is 11.7 Å². The first kappa shape index (κ1) is 13.1. The molecule has 1 aliphatic carbocycles. The fourth-order valence-electron chi connectivity index (χ4n) is 3.09. The lowest BCUT2D eigenvalue weighted by molar-refractivity contribution is 0.0152. The monoisotopic (exact) mass is 263 g/mol. The molecule has 1 unspecified atom stereocenters. The molecule has 0 bridgehead atoms. The number of hydrogen-bond donors (Lipinski definition) is 1. The van der Waals surface area contributed by atoms with Crippen molar-refractivity contribution < 1.29 is 0 Å². The van der Waals surface area contributed by atoms with Crippen LogP contribution in [0.4, 0.5) is 0 Å². The van der Waals surface area contributed by atoms with Crippen LogP contribution >= 0.6 is 0 Å². The lowest BCUT2D eigenvalue weighted by atomic mass is 9.86. The molecule has 19 heavy (non-hydrogen) atoms. The highest BCUT2D eigenvalue weighted by molar-refractivity contribution is 5.07. The van der Waals surface area contributed by atoms with Crippen molar-refractivity contribution in [2.45, 2.75) is 51.2 Å². The molecule has 2 heterocycles. The Balaban J connectivity index is 1.78. The Kier molecular flexibility index (Phi) is 2.94. The van der Waals surface area contributed by atoms with Gasteiger partial charge in [-0.3, -0.25) is 9.58 Å². The van der Waals surface area contributed by atoms with Gasteiger partial charge in [0.15, 0.2) is 0 Å². The Bertz CT molecular complexity index is 462. The molecule has 0 amide bonds. The van der Waals surface area contributed by atoms with Gasteiger partial charge < -0.3 is 5.32 Å². The van der Waals surface area contributed by atoms with Crippen LogP contribution in [0.5, 0.6) is 0 Å². The average Bonchev–Trinajstić information content (AvgIpc) is 3.12. The van der Waals surface area contributed by atoms with Crippen LogP contribution in [0.1, 0.15) is 39.4 Å². The molecule has 1 N–H and O–H groups in total. The van der Waals surface area contributed by atoms with Gasteiger partial charge >= 0.3 is 0 Å². The first-order valence-corrected chi connectivity index (χ1v) is 7.24. The van der Waals surface area contributed by atoms with E-state index >= 15 is 0 Å². The third-order valence-corrected chi connectivity index (χ3v) is 4.92. The van der Waals surface area contributed by atoms with Crippen molar-refractivity contribution >= 4 is 0 Å². The van der Waals surface area contributed by atoms with Gasteiger partial charge in [0.2, 0.25) is 0 Å². The van der Waals surface area contributed by atoms with Gasteiger partial charge in [0.1, 0.15) is 12.2 Å². The number of nitrogens with one attached hydrogen (secondary N) is 1. The number of hydrogen-bond acceptors (Lipinski definition) is 4. The van der Waals surface area contributed by atoms with Crippen molar-refractivity contribution in [3.05, 3.63) is 12.2 Å². The summed E-state index contributed by atoms with van der Waals surface area (Å²) in [5.74, 6) is 1.90. The Morgan fingerprint density at radius 1 is 1.37 bits per heavy atom. The van der Waals surface area contributed by atoms with Gasteiger partial charge in [-0.05, 0) is 39.5 Å². The molecule has 1 aliphatic heterocycles. The molecule has 0 radical (unpaired) electrons. The quantitative estimate of drug-likeness (QED) is 0.889. The summed E-state index contributed by atoms with van der Waals surface area (Å²) >= 11 is 0. The number of aromatic nitrogens is 3. The van der Waals surface area contributed by atoms with Crippen molar-refractivity contribution in [2.24, 2.45) is 13.0 Å². The summed E-state index contributed by atoms with van der Waals surface area (Å²) < 4.78 is 1.88. The van der Waals surface area contributed by atoms with Gasteiger partial charge in [-0.15, -0.1) is 0 Å². The van der Waals surface area contributed by atoms with Crippen molar-refractivity contribution in [3.8, 4) is 0 Å². The van der Waals surface area contributed by atoms with E-state index in [-0.39, 0.29) is 11.1 Å². The van der Waals surface area contributed by atoms with Crippen molar-refractivity contribution in [3.63, 3.8) is 0 Å². The third kappa shape index (κ3) is 2.41. The summed E-state index contributed by atoms with van der Waals surface area (Å²) in [5.41, 5.74) is 0.439. The molecule has 0 spiro atoms. The van der Waals surface area contributed by atoms with E-state index in [1.54, 1.807) is 6.33 Å². The normalized spacial score (nSPS) is 31.6. The molecule has 1 aromatic rings. The number of nitrogens with zero attached hydrogens (tertiary/aromatic N) is 4. The lowest BCUT2D eigenvalue weighted by Crippen LogP contribution is -2.67. The van der Waals surface area contributed by atoms with Crippen molar-refractivity contribution in [2.75, 3.05) is 13.1 Å². The van der Waals surface area contributed by atoms with Crippen LogP contribution in [0, 0.1) is 5.92 Å². The third-order valence-electron chi connectivity index (χ3n) is 4.92. The molecular formula is C14H25N5. The molecule has 1 aromatic heterocycles. The highest BCUT2D eigenvalue weighted by Crippen LogP contribution is 2.42. The Labute approximate surface area is 115 Å². The topological polar surface area (TPSA) is 46.0 Å². The standard InChI is InChI=1S/C14H25N5/c1-13(2)8-16-14(3,11-5-6-11)9-19(13)7-12-15-10-17-18(12)4/h10-11,16H,5-9H2,1-4H3. The van der Waals surface area contributed by atoms with E-state index in [9.17, 15) is 0 Å². The molecule has 5 heteroatoms. The summed E-state index contributed by atoms with van der Waals surface area (Å²) in [7, 11) is 1.97. The van der Waals surface area contributed by atoms with E-state index in [4.69, 9.17) is 0 Å². The second-order valence-corrected chi connectivity index (χ2v) is 7.01. The van der Waals surface area contributed by atoms with Crippen molar-refractivity contribution in [1.82, 2.24) is 25.0 Å². The Morgan fingerprint density at radius 3 is 2.68 bits per heavy atom. The predicted octanol–water partition coefficient (Wildman–Crippen LogP) is 1.17. The highest BCUT2D eigenvalue weighted by Gasteiger charge is 2.48. The summed E-state index contributed by atoms with van der Waals surface area (Å²) in [6, 6.07) is 0. The molecule has 1 atom stereocenters. The van der Waals surface area contributed by atoms with Gasteiger partial charge in [0.25, 0.3) is 0 Å². The van der Waals surface area contributed by atoms with E-state index < -0.39 is 0 Å². The zero-order valence-electron chi connectivity index (χ0n) is 12.5. The lowest BCUT2D eigenvalue weighted by Gasteiger charge is -2.51. The van der Waals surface area contributed by atoms with Gasteiger partial charge in [0, 0.05) is 31.2 Å². The smallest absolute Gasteiger partial charge is 0.140 e. The summed E-state index contributed by atoms with van der Waals surface area (Å²) in [6.45, 7) is 10.0. The summed E-state index contributed by atoms with van der Waals surface area (Å²) in [4.78, 5) is 6.93. The molecule has 5 nitrogen and oxygen atoms in total. The van der Waals surface area contributed by atoms with Crippen LogP contribution in [-0.4, -0.2) is 43.8 Å². The molecular weight excluding hydrogens is 238 g/mol. The minimum atomic E-state index is 0.167. The Morgan fingerprint density at radius 2 is 2.11 bits per heavy atom. The number of rotatable bonds is 3. The van der Waals surface area contributed by atoms with E-state index in [2.05, 4.69) is 41.1 Å². The number of aryl methyl sites for hydroxylation is 1. The SMILES string of the molecule is Cn1ncnc1CN1CC(C)(C2CC2)NCC1(C)C. The van der Waals surface area contributed by atoms with Crippen LogP contribution < -0.4 is 5.32 Å². The molecule has 3 rings (SSSR count). The second-order valence-electron chi connectivity index (χ2n) is 7.01. The average molecular weight is 263 g/mol. The molecule has 2 fully saturated rings. The molecule has 2 aliphatic rings. The fourth-order valence-corrected chi connectivity index (χ4v) is 3.09. The van der Waals surface area contributed by atoms with Crippen LogP contribution in [0.15, 0.2) is 6.33 Å². The molecule has 1 saturated carbocycles. The molecule has 1 saturated heterocycles. The van der Waals surface area contributed by atoms with Gasteiger partial charge in [-0.2, -0.15) is 5.10 Å². The minimum absolute atomic E-state index is 0.167. The van der Waals surface area contributed by atoms with Crippen LogP contribution in [0.2, 0.25) is 0 Å². The van der Waals surface area contributed by atoms with E-state index in [0.717, 1.165) is 31.4 Å². The van der Waals surface area contributed by atoms with Gasteiger partial charge in [-0.1, -0.05) is 0 Å². The maximum atomic E-state index is 4.37. The molecule has 0 aromatic carbocycles. The fraction of sp³-hybridized carbons (Fsp3) is 0.857. The van der Waals surface area contributed by atoms with Gasteiger partial charge in [0.05, 0.1) is 6.54 Å². The first-order valence-electron chi connectivity index (χ1n) is 7.24. The van der Waals surface area contributed by atoms with E-state index in [0.29, 0.717) is 0 Å². The van der Waals surface area contributed by atoms with Crippen LogP contribution in [-0.2, 0) is 13.6 Å². The molecule has 106 valence electrons. The zero-order valence-corrected chi connectivity index (χ0v) is 12.5. The van der Waals surface area contributed by atoms with Crippen molar-refractivity contribution in [1.29, 1.82) is 0 Å². The second kappa shape index (κ2) is 4.28. The Hall–Kier alpha value is -0.940. The maximum absolute atomic E-state index is 4.37. The highest BCUT2D eigenvalue weighted by atomic mass is 15.4. The van der Waals surface area contributed by atoms with Crippen LogP contribution in [0.3, 0.4) is 0 Å². The minimum Gasteiger partial charge on any atom is -0.308 e. The number of piperazine rings is 1. The summed E-state index contributed by atoms with van der Waals surface area (Å²) in [5, 5.41) is 7.96. The van der Waals surface area contributed by atoms with Crippen LogP contribution in [0.25, 0.3) is 0 Å². The first-order chi connectivity index (χ1) is 8.91. The summed E-state index contributed by atoms with van der Waals surface area (Å²) in [6.07, 6.45) is 4.40. The largest absolute Gasteiger partial charge is 0.308 e.